The summed E-state index contributed by atoms with van der Waals surface area (Å²) in [6.07, 6.45) is 5.67. The van der Waals surface area contributed by atoms with Crippen LogP contribution in [0.15, 0.2) is 112 Å². The number of hydrogen-bond donors (Lipinski definition) is 3. The third-order valence-electron chi connectivity index (χ3n) is 8.56. The highest BCUT2D eigenvalue weighted by molar-refractivity contribution is 9.10. The number of nitrogens with zero attached hydrogens (tertiary/aromatic N) is 5. The molecule has 4 heterocycles. The van der Waals surface area contributed by atoms with Gasteiger partial charge in [-0.2, -0.15) is 0 Å². The summed E-state index contributed by atoms with van der Waals surface area (Å²) in [5, 5.41) is 17.7. The lowest BCUT2D eigenvalue weighted by Crippen LogP contribution is -2.20. The second kappa shape index (κ2) is 19.6. The molecular weight excluding hydrogens is 916 g/mol. The molecule has 0 saturated carbocycles. The fourth-order valence-electron chi connectivity index (χ4n) is 5.52. The summed E-state index contributed by atoms with van der Waals surface area (Å²) < 4.78 is 57.4. The zero-order valence-electron chi connectivity index (χ0n) is 31.4. The highest BCUT2D eigenvalue weighted by atomic mass is 79.9. The summed E-state index contributed by atoms with van der Waals surface area (Å²) in [7, 11) is 3.09. The van der Waals surface area contributed by atoms with E-state index in [-0.39, 0.29) is 24.2 Å². The topological polar surface area (TPSA) is 158 Å². The van der Waals surface area contributed by atoms with Gasteiger partial charge in [0.25, 0.3) is 0 Å². The van der Waals surface area contributed by atoms with Crippen LogP contribution >= 0.6 is 43.6 Å². The van der Waals surface area contributed by atoms with Gasteiger partial charge < -0.3 is 39.4 Å². The molecule has 2 atom stereocenters. The molecule has 304 valence electrons. The van der Waals surface area contributed by atoms with Crippen LogP contribution in [0.5, 0.6) is 23.0 Å². The molecule has 4 aromatic carbocycles. The fourth-order valence-corrected chi connectivity index (χ4v) is 6.98. The number of halogens is 4. The van der Waals surface area contributed by atoms with E-state index in [9.17, 15) is 13.9 Å². The predicted molar refractivity (Wildman–Crippen MR) is 229 cm³/mol. The SMILES string of the molecule is COc1cc2c(Nc3ccc(Br)cc3F)ncnc2cc1OCC(O)CSc1ccncc1.COc1cc2c(Nc3ccc(Br)cc3F)ncnc2cc1OCC1CO1. The van der Waals surface area contributed by atoms with Gasteiger partial charge in [0, 0.05) is 54.9 Å². The molecule has 1 aliphatic rings. The average Bonchev–Trinajstić information content (AvgIpc) is 4.08. The Morgan fingerprint density at radius 2 is 1.27 bits per heavy atom. The molecule has 7 aromatic rings. The third kappa shape index (κ3) is 11.0. The smallest absolute Gasteiger partial charge is 0.163 e. The van der Waals surface area contributed by atoms with Crippen LogP contribution in [0.4, 0.5) is 31.8 Å². The first-order valence-corrected chi connectivity index (χ1v) is 20.4. The first-order chi connectivity index (χ1) is 28.7. The second-order valence-corrected chi connectivity index (χ2v) is 15.6. The van der Waals surface area contributed by atoms with Crippen molar-refractivity contribution >= 4 is 88.4 Å². The number of pyridine rings is 1. The quantitative estimate of drug-likeness (QED) is 0.0660. The van der Waals surface area contributed by atoms with Crippen molar-refractivity contribution in [2.45, 2.75) is 17.1 Å². The molecule has 0 spiro atoms. The largest absolute Gasteiger partial charge is 0.493 e. The van der Waals surface area contributed by atoms with Crippen LogP contribution in [0.1, 0.15) is 0 Å². The Bertz CT molecular complexity index is 2560. The zero-order valence-corrected chi connectivity index (χ0v) is 35.4. The van der Waals surface area contributed by atoms with E-state index in [0.717, 1.165) is 4.90 Å². The molecule has 0 amide bonds. The lowest BCUT2D eigenvalue weighted by atomic mass is 10.2. The Kier molecular flexibility index (Phi) is 13.8. The molecule has 3 aromatic heterocycles. The van der Waals surface area contributed by atoms with E-state index in [1.165, 1.54) is 43.7 Å². The van der Waals surface area contributed by atoms with Crippen molar-refractivity contribution in [3.05, 3.63) is 118 Å². The summed E-state index contributed by atoms with van der Waals surface area (Å²) in [5.74, 6) is 2.59. The molecule has 18 heteroatoms. The number of methoxy groups -OCH3 is 2. The first kappa shape index (κ1) is 41.7. The summed E-state index contributed by atoms with van der Waals surface area (Å²) >= 11 is 8.01. The number of aliphatic hydroxyl groups is 1. The van der Waals surface area contributed by atoms with Crippen LogP contribution in [0.25, 0.3) is 21.8 Å². The monoisotopic (exact) mass is 949 g/mol. The van der Waals surface area contributed by atoms with Crippen LogP contribution in [0, 0.1) is 11.6 Å². The lowest BCUT2D eigenvalue weighted by molar-refractivity contribution is 0.124. The van der Waals surface area contributed by atoms with Crippen molar-refractivity contribution in [3.63, 3.8) is 0 Å². The van der Waals surface area contributed by atoms with Gasteiger partial charge in [0.05, 0.1) is 49.3 Å². The van der Waals surface area contributed by atoms with Gasteiger partial charge in [-0.05, 0) is 60.7 Å². The molecule has 59 heavy (non-hydrogen) atoms. The van der Waals surface area contributed by atoms with Crippen LogP contribution < -0.4 is 29.6 Å². The van der Waals surface area contributed by atoms with E-state index in [1.807, 2.05) is 12.1 Å². The van der Waals surface area contributed by atoms with Gasteiger partial charge in [0.1, 0.15) is 55.2 Å². The Labute approximate surface area is 358 Å². The summed E-state index contributed by atoms with van der Waals surface area (Å²) in [6.45, 7) is 1.26. The second-order valence-electron chi connectivity index (χ2n) is 12.7. The minimum Gasteiger partial charge on any atom is -0.493 e. The number of aliphatic hydroxyl groups excluding tert-OH is 1. The van der Waals surface area contributed by atoms with E-state index in [0.29, 0.717) is 90.0 Å². The van der Waals surface area contributed by atoms with Crippen LogP contribution in [-0.4, -0.2) is 82.0 Å². The number of hydrogen-bond acceptors (Lipinski definition) is 14. The molecule has 1 aliphatic heterocycles. The molecule has 0 aliphatic carbocycles. The summed E-state index contributed by atoms with van der Waals surface area (Å²) in [4.78, 5) is 22.1. The minimum absolute atomic E-state index is 0.0836. The normalized spacial score (nSPS) is 13.6. The average molecular weight is 952 g/mol. The highest BCUT2D eigenvalue weighted by Crippen LogP contribution is 2.37. The number of ether oxygens (including phenoxy) is 5. The number of epoxide rings is 1. The predicted octanol–water partition coefficient (Wildman–Crippen LogP) is 9.27. The maximum absolute atomic E-state index is 14.3. The molecule has 3 N–H and O–H groups in total. The summed E-state index contributed by atoms with van der Waals surface area (Å²) in [6, 6.07) is 20.3. The van der Waals surface area contributed by atoms with E-state index in [4.69, 9.17) is 23.7 Å². The molecule has 8 rings (SSSR count). The van der Waals surface area contributed by atoms with Gasteiger partial charge >= 0.3 is 0 Å². The Balaban J connectivity index is 0.000000184. The number of anilines is 4. The third-order valence-corrected chi connectivity index (χ3v) is 10.7. The van der Waals surface area contributed by atoms with Gasteiger partial charge in [-0.3, -0.25) is 4.98 Å². The number of nitrogens with one attached hydrogen (secondary N) is 2. The van der Waals surface area contributed by atoms with Crippen molar-refractivity contribution in [1.29, 1.82) is 0 Å². The minimum atomic E-state index is -0.688. The first-order valence-electron chi connectivity index (χ1n) is 17.8. The molecule has 0 radical (unpaired) electrons. The summed E-state index contributed by atoms with van der Waals surface area (Å²) in [5.41, 5.74) is 1.85. The Morgan fingerprint density at radius 3 is 1.76 bits per heavy atom. The zero-order chi connectivity index (χ0) is 41.3. The van der Waals surface area contributed by atoms with Crippen molar-refractivity contribution in [2.75, 3.05) is 50.4 Å². The number of rotatable bonds is 15. The van der Waals surface area contributed by atoms with Crippen molar-refractivity contribution in [3.8, 4) is 23.0 Å². The van der Waals surface area contributed by atoms with Gasteiger partial charge in [0.2, 0.25) is 0 Å². The van der Waals surface area contributed by atoms with Crippen LogP contribution in [-0.2, 0) is 4.74 Å². The van der Waals surface area contributed by atoms with E-state index < -0.39 is 11.9 Å². The number of benzene rings is 4. The van der Waals surface area contributed by atoms with E-state index in [1.54, 1.807) is 68.0 Å². The van der Waals surface area contributed by atoms with Crippen molar-refractivity contribution in [1.82, 2.24) is 24.9 Å². The molecular formula is C41H35Br2F2N7O6S. The van der Waals surface area contributed by atoms with E-state index >= 15 is 0 Å². The van der Waals surface area contributed by atoms with Gasteiger partial charge in [0.15, 0.2) is 23.0 Å². The Morgan fingerprint density at radius 1 is 0.746 bits per heavy atom. The van der Waals surface area contributed by atoms with Crippen molar-refractivity contribution in [2.24, 2.45) is 0 Å². The maximum atomic E-state index is 14.3. The number of thioether (sulfide) groups is 1. The molecule has 1 saturated heterocycles. The van der Waals surface area contributed by atoms with Gasteiger partial charge in [-0.15, -0.1) is 11.8 Å². The Hall–Kier alpha value is -5.40. The molecule has 1 fully saturated rings. The van der Waals surface area contributed by atoms with Crippen LogP contribution in [0.2, 0.25) is 0 Å². The number of aromatic nitrogens is 5. The molecule has 0 bridgehead atoms. The fraction of sp³-hybridized carbons (Fsp3) is 0.195. The maximum Gasteiger partial charge on any atom is 0.163 e. The molecule has 13 nitrogen and oxygen atoms in total. The number of fused-ring (bicyclic) bond motifs is 2. The van der Waals surface area contributed by atoms with E-state index in [2.05, 4.69) is 67.4 Å². The van der Waals surface area contributed by atoms with Gasteiger partial charge in [-0.25, -0.2) is 28.7 Å². The molecule has 2 unspecified atom stereocenters. The van der Waals surface area contributed by atoms with Gasteiger partial charge in [-0.1, -0.05) is 31.9 Å². The van der Waals surface area contributed by atoms with Crippen molar-refractivity contribution < 1.29 is 37.6 Å². The van der Waals surface area contributed by atoms with Crippen LogP contribution in [0.3, 0.4) is 0 Å². The lowest BCUT2D eigenvalue weighted by Gasteiger charge is -2.16. The standard InChI is InChI=1S/C23H20BrFN4O3S.C18H15BrFN3O3/c1-31-21-9-17-20(27-13-28-23(17)29-19-3-2-14(24)8-18(19)25)10-22(21)32-11-15(30)12-33-16-4-6-26-7-5-16;1-24-16-5-12-15(6-17(16)26-8-11-7-25-11)21-9-22-18(12)23-14-3-2-10(19)4-13(14)20/h2-10,13,15,30H,11-12H2,1H3,(H,27,28,29);2-6,9,11H,7-8H2,1H3,(H,21,22,23). The highest BCUT2D eigenvalue weighted by Gasteiger charge is 2.24.